The fraction of sp³-hybridized carbons (Fsp3) is 0.556. The van der Waals surface area contributed by atoms with E-state index in [-0.39, 0.29) is 30.8 Å². The van der Waals surface area contributed by atoms with Gasteiger partial charge >= 0.3 is 0 Å². The zero-order valence-electron chi connectivity index (χ0n) is 14.6. The van der Waals surface area contributed by atoms with Gasteiger partial charge < -0.3 is 19.9 Å². The number of rotatable bonds is 6. The largest absolute Gasteiger partial charge is 0.484 e. The van der Waals surface area contributed by atoms with E-state index in [1.54, 1.807) is 4.90 Å². The second kappa shape index (κ2) is 9.06. The Morgan fingerprint density at radius 1 is 1.36 bits per heavy atom. The lowest BCUT2D eigenvalue weighted by atomic mass is 10.1. The van der Waals surface area contributed by atoms with Crippen LogP contribution in [0.3, 0.4) is 0 Å². The summed E-state index contributed by atoms with van der Waals surface area (Å²) in [5.74, 6) is 1.34. The molecule has 0 spiro atoms. The number of benzene rings is 1. The highest BCUT2D eigenvalue weighted by molar-refractivity contribution is 5.95. The first-order chi connectivity index (χ1) is 11.7. The average molecular weight is 368 g/mol. The van der Waals surface area contributed by atoms with Gasteiger partial charge in [0.2, 0.25) is 5.91 Å². The summed E-state index contributed by atoms with van der Waals surface area (Å²) in [6.07, 6.45) is 2.54. The number of carbonyl (C=O) groups is 2. The minimum atomic E-state index is 0. The predicted octanol–water partition coefficient (Wildman–Crippen LogP) is 1.68. The summed E-state index contributed by atoms with van der Waals surface area (Å²) in [6.45, 7) is 3.34. The Kier molecular flexibility index (Phi) is 7.08. The molecule has 138 valence electrons. The molecule has 25 heavy (non-hydrogen) atoms. The third-order valence-electron chi connectivity index (χ3n) is 4.70. The Morgan fingerprint density at radius 3 is 2.92 bits per heavy atom. The van der Waals surface area contributed by atoms with Gasteiger partial charge in [-0.25, -0.2) is 0 Å². The average Bonchev–Trinajstić information content (AvgIpc) is 3.22. The van der Waals surface area contributed by atoms with Gasteiger partial charge in [-0.3, -0.25) is 9.59 Å². The van der Waals surface area contributed by atoms with Crippen LogP contribution in [-0.2, 0) is 9.59 Å². The minimum Gasteiger partial charge on any atom is -0.484 e. The summed E-state index contributed by atoms with van der Waals surface area (Å²) in [7, 11) is 1.94. The number of nitrogens with one attached hydrogen (secondary N) is 1. The highest BCUT2D eigenvalue weighted by atomic mass is 35.5. The maximum atomic E-state index is 12.3. The van der Waals surface area contributed by atoms with Crippen LogP contribution >= 0.6 is 12.4 Å². The second-order valence-corrected chi connectivity index (χ2v) is 6.49. The Hall–Kier alpha value is -1.79. The van der Waals surface area contributed by atoms with E-state index in [0.717, 1.165) is 44.7 Å². The molecule has 0 radical (unpaired) electrons. The lowest BCUT2D eigenvalue weighted by Gasteiger charge is -2.18. The second-order valence-electron chi connectivity index (χ2n) is 6.49. The smallest absolute Gasteiger partial charge is 0.260 e. The van der Waals surface area contributed by atoms with E-state index in [2.05, 4.69) is 5.32 Å². The molecule has 0 saturated carbocycles. The lowest BCUT2D eigenvalue weighted by Crippen LogP contribution is -2.34. The summed E-state index contributed by atoms with van der Waals surface area (Å²) in [6, 6.07) is 7.43. The van der Waals surface area contributed by atoms with Crippen molar-refractivity contribution < 1.29 is 14.3 Å². The van der Waals surface area contributed by atoms with Crippen LogP contribution in [0.25, 0.3) is 0 Å². The van der Waals surface area contributed by atoms with E-state index < -0.39 is 0 Å². The van der Waals surface area contributed by atoms with Crippen LogP contribution in [0.4, 0.5) is 5.69 Å². The molecule has 1 atom stereocenters. The molecule has 1 unspecified atom stereocenters. The first-order valence-electron chi connectivity index (χ1n) is 8.63. The Labute approximate surface area is 154 Å². The van der Waals surface area contributed by atoms with E-state index in [9.17, 15) is 9.59 Å². The monoisotopic (exact) mass is 367 g/mol. The number of carbonyl (C=O) groups excluding carboxylic acids is 2. The van der Waals surface area contributed by atoms with Crippen LogP contribution in [0.2, 0.25) is 0 Å². The molecule has 1 aromatic carbocycles. The molecule has 2 aliphatic rings. The van der Waals surface area contributed by atoms with Crippen LogP contribution in [0.5, 0.6) is 5.75 Å². The fourth-order valence-corrected chi connectivity index (χ4v) is 3.41. The molecule has 1 N–H and O–H groups in total. The number of amides is 2. The van der Waals surface area contributed by atoms with Gasteiger partial charge in [0.15, 0.2) is 6.61 Å². The van der Waals surface area contributed by atoms with Crippen LogP contribution in [-0.4, -0.2) is 56.5 Å². The molecular weight excluding hydrogens is 342 g/mol. The fourth-order valence-electron chi connectivity index (χ4n) is 3.41. The standard InChI is InChI=1S/C18H25N3O3.ClH/c1-19-11-14-7-9-20(12-14)18(23)13-24-16-5-2-4-15(10-16)21-8-3-6-17(21)22;/h2,4-5,10,14,19H,3,6-9,11-13H2,1H3;1H. The molecule has 0 aromatic heterocycles. The summed E-state index contributed by atoms with van der Waals surface area (Å²) in [5, 5.41) is 3.16. The maximum Gasteiger partial charge on any atom is 0.260 e. The molecule has 0 aliphatic carbocycles. The highest BCUT2D eigenvalue weighted by Crippen LogP contribution is 2.25. The lowest BCUT2D eigenvalue weighted by molar-refractivity contribution is -0.132. The Morgan fingerprint density at radius 2 is 2.20 bits per heavy atom. The Balaban J connectivity index is 0.00000225. The number of nitrogens with zero attached hydrogens (tertiary/aromatic N) is 2. The van der Waals surface area contributed by atoms with Crippen molar-refractivity contribution in [3.63, 3.8) is 0 Å². The summed E-state index contributed by atoms with van der Waals surface area (Å²) < 4.78 is 5.67. The number of likely N-dealkylation sites (tertiary alicyclic amines) is 1. The molecule has 2 amide bonds. The first kappa shape index (κ1) is 19.5. The van der Waals surface area contributed by atoms with Gasteiger partial charge in [0.1, 0.15) is 5.75 Å². The van der Waals surface area contributed by atoms with E-state index in [1.807, 2.05) is 36.2 Å². The van der Waals surface area contributed by atoms with Gasteiger partial charge in [-0.2, -0.15) is 0 Å². The quantitative estimate of drug-likeness (QED) is 0.831. The van der Waals surface area contributed by atoms with Crippen molar-refractivity contribution in [2.75, 3.05) is 44.7 Å². The van der Waals surface area contributed by atoms with E-state index in [0.29, 0.717) is 18.1 Å². The molecule has 2 aliphatic heterocycles. The molecule has 2 saturated heterocycles. The van der Waals surface area contributed by atoms with E-state index in [4.69, 9.17) is 4.74 Å². The Bertz CT molecular complexity index is 611. The summed E-state index contributed by atoms with van der Waals surface area (Å²) in [4.78, 5) is 27.8. The SMILES string of the molecule is CNCC1CCN(C(=O)COc2cccc(N3CCCC3=O)c2)C1.Cl. The third kappa shape index (κ3) is 4.86. The van der Waals surface area contributed by atoms with Crippen molar-refractivity contribution in [2.24, 2.45) is 5.92 Å². The van der Waals surface area contributed by atoms with Crippen molar-refractivity contribution in [2.45, 2.75) is 19.3 Å². The molecular formula is C18H26ClN3O3. The van der Waals surface area contributed by atoms with Gasteiger partial charge in [0, 0.05) is 37.8 Å². The van der Waals surface area contributed by atoms with Crippen molar-refractivity contribution in [1.29, 1.82) is 0 Å². The number of halogens is 1. The molecule has 0 bridgehead atoms. The van der Waals surface area contributed by atoms with Gasteiger partial charge in [-0.15, -0.1) is 12.4 Å². The zero-order valence-corrected chi connectivity index (χ0v) is 15.4. The van der Waals surface area contributed by atoms with Crippen molar-refractivity contribution in [1.82, 2.24) is 10.2 Å². The summed E-state index contributed by atoms with van der Waals surface area (Å²) >= 11 is 0. The zero-order chi connectivity index (χ0) is 16.9. The van der Waals surface area contributed by atoms with Crippen molar-refractivity contribution in [3.8, 4) is 5.75 Å². The maximum absolute atomic E-state index is 12.3. The van der Waals surface area contributed by atoms with Crippen LogP contribution < -0.4 is 15.0 Å². The minimum absolute atomic E-state index is 0. The van der Waals surface area contributed by atoms with Gasteiger partial charge in [-0.1, -0.05) is 6.07 Å². The molecule has 2 fully saturated rings. The molecule has 7 heteroatoms. The summed E-state index contributed by atoms with van der Waals surface area (Å²) in [5.41, 5.74) is 0.845. The third-order valence-corrected chi connectivity index (χ3v) is 4.70. The topological polar surface area (TPSA) is 61.9 Å². The van der Waals surface area contributed by atoms with Crippen LogP contribution in [0.1, 0.15) is 19.3 Å². The van der Waals surface area contributed by atoms with Crippen LogP contribution in [0.15, 0.2) is 24.3 Å². The number of ether oxygens (including phenoxy) is 1. The molecule has 6 nitrogen and oxygen atoms in total. The first-order valence-corrected chi connectivity index (χ1v) is 8.63. The van der Waals surface area contributed by atoms with E-state index in [1.165, 1.54) is 0 Å². The van der Waals surface area contributed by atoms with Gasteiger partial charge in [-0.05, 0) is 44.5 Å². The molecule has 2 heterocycles. The van der Waals surface area contributed by atoms with Gasteiger partial charge in [0.05, 0.1) is 0 Å². The van der Waals surface area contributed by atoms with Crippen LogP contribution in [0, 0.1) is 5.92 Å². The number of anilines is 1. The normalized spacial score (nSPS) is 19.9. The van der Waals surface area contributed by atoms with Crippen molar-refractivity contribution in [3.05, 3.63) is 24.3 Å². The van der Waals surface area contributed by atoms with E-state index >= 15 is 0 Å². The predicted molar refractivity (Wildman–Crippen MR) is 99.4 cm³/mol. The molecule has 1 aromatic rings. The number of hydrogen-bond acceptors (Lipinski definition) is 4. The molecule has 3 rings (SSSR count). The van der Waals surface area contributed by atoms with Gasteiger partial charge in [0.25, 0.3) is 5.91 Å². The van der Waals surface area contributed by atoms with Crippen molar-refractivity contribution >= 4 is 29.9 Å². The highest BCUT2D eigenvalue weighted by Gasteiger charge is 2.26. The number of hydrogen-bond donors (Lipinski definition) is 1.